The van der Waals surface area contributed by atoms with E-state index in [-0.39, 0.29) is 5.56 Å². The molecule has 0 saturated carbocycles. The van der Waals surface area contributed by atoms with E-state index in [1.807, 2.05) is 0 Å². The molecule has 1 unspecified atom stereocenters. The van der Waals surface area contributed by atoms with Gasteiger partial charge in [-0.05, 0) is 23.7 Å². The Morgan fingerprint density at radius 1 is 1.33 bits per heavy atom. The molecule has 0 aliphatic rings. The third-order valence-corrected chi connectivity index (χ3v) is 4.75. The number of halogens is 5. The second-order valence-electron chi connectivity index (χ2n) is 3.73. The first-order valence-corrected chi connectivity index (χ1v) is 7.86. The molecule has 1 aromatic carbocycles. The summed E-state index contributed by atoms with van der Waals surface area (Å²) in [5, 5.41) is -1.72. The zero-order chi connectivity index (χ0) is 16.4. The van der Waals surface area contributed by atoms with Crippen molar-refractivity contribution in [1.29, 1.82) is 0 Å². The highest BCUT2D eigenvalue weighted by Gasteiger charge is 2.29. The van der Waals surface area contributed by atoms with Gasteiger partial charge < -0.3 is 4.74 Å². The Morgan fingerprint density at radius 2 is 1.90 bits per heavy atom. The van der Waals surface area contributed by atoms with Gasteiger partial charge in [0.1, 0.15) is 4.90 Å². The van der Waals surface area contributed by atoms with E-state index in [0.717, 1.165) is 12.1 Å². The van der Waals surface area contributed by atoms with Gasteiger partial charge in [0.2, 0.25) is 0 Å². The van der Waals surface area contributed by atoms with Crippen molar-refractivity contribution < 1.29 is 31.1 Å². The van der Waals surface area contributed by atoms with E-state index in [9.17, 15) is 26.4 Å². The van der Waals surface area contributed by atoms with Crippen LogP contribution in [0.5, 0.6) is 5.75 Å². The highest BCUT2D eigenvalue weighted by Crippen LogP contribution is 2.37. The molecule has 0 aliphatic heterocycles. The molecular weight excluding hydrogens is 356 g/mol. The van der Waals surface area contributed by atoms with Crippen LogP contribution in [0.1, 0.15) is 17.3 Å². The van der Waals surface area contributed by atoms with Crippen LogP contribution >= 0.6 is 23.2 Å². The zero-order valence-electron chi connectivity index (χ0n) is 10.4. The molecule has 0 heterocycles. The fourth-order valence-corrected chi connectivity index (χ4v) is 2.94. The largest absolute Gasteiger partial charge is 0.451 e. The second-order valence-corrected chi connectivity index (χ2v) is 6.70. The number of benzene rings is 1. The second kappa shape index (κ2) is 6.85. The highest BCUT2D eigenvalue weighted by molar-refractivity contribution is 7.91. The molecule has 10 heteroatoms. The van der Waals surface area contributed by atoms with Crippen LogP contribution in [0, 0.1) is 0 Å². The van der Waals surface area contributed by atoms with E-state index in [4.69, 9.17) is 23.2 Å². The van der Waals surface area contributed by atoms with E-state index in [2.05, 4.69) is 4.74 Å². The third kappa shape index (κ3) is 4.02. The average molecular weight is 365 g/mol. The van der Waals surface area contributed by atoms with E-state index >= 15 is 0 Å². The summed E-state index contributed by atoms with van der Waals surface area (Å²) in [5.41, 5.74) is -0.384. The Morgan fingerprint density at radius 3 is 2.33 bits per heavy atom. The van der Waals surface area contributed by atoms with Crippen LogP contribution in [0.25, 0.3) is 0 Å². The molecule has 0 aromatic heterocycles. The number of alkyl halides is 3. The number of carbonyl (C=O) groups is 1. The van der Waals surface area contributed by atoms with Gasteiger partial charge in [-0.1, -0.05) is 18.5 Å². The van der Waals surface area contributed by atoms with Crippen molar-refractivity contribution in [3.63, 3.8) is 0 Å². The lowest BCUT2D eigenvalue weighted by molar-refractivity contribution is -0.0682. The lowest BCUT2D eigenvalue weighted by Gasteiger charge is -2.16. The van der Waals surface area contributed by atoms with E-state index in [0.29, 0.717) is 0 Å². The van der Waals surface area contributed by atoms with Gasteiger partial charge in [0.05, 0.1) is 16.3 Å². The summed E-state index contributed by atoms with van der Waals surface area (Å²) in [4.78, 5) is 10.5. The summed E-state index contributed by atoms with van der Waals surface area (Å²) in [7, 11) is -3.94. The number of sulfone groups is 1. The molecule has 4 nitrogen and oxygen atoms in total. The van der Waals surface area contributed by atoms with Crippen LogP contribution in [0.15, 0.2) is 17.0 Å². The molecule has 0 radical (unpaired) electrons. The Kier molecular flexibility index (Phi) is 5.89. The SMILES string of the molecule is CCS(=O)(=O)c1ccc(C(=O)Cl)c(Cl)c1OC(F)C(F)F. The van der Waals surface area contributed by atoms with E-state index in [1.54, 1.807) is 0 Å². The highest BCUT2D eigenvalue weighted by atomic mass is 35.5. The minimum absolute atomic E-state index is 0.384. The number of carbonyl (C=O) groups excluding carboxylic acids is 1. The van der Waals surface area contributed by atoms with Crippen molar-refractivity contribution in [1.82, 2.24) is 0 Å². The monoisotopic (exact) mass is 364 g/mol. The van der Waals surface area contributed by atoms with Crippen LogP contribution in [0.2, 0.25) is 5.02 Å². The number of hydrogen-bond donors (Lipinski definition) is 0. The van der Waals surface area contributed by atoms with Crippen LogP contribution in [-0.2, 0) is 9.84 Å². The lowest BCUT2D eigenvalue weighted by atomic mass is 10.2. The molecule has 0 amide bonds. The normalized spacial score (nSPS) is 13.3. The van der Waals surface area contributed by atoms with E-state index < -0.39 is 49.3 Å². The van der Waals surface area contributed by atoms with Gasteiger partial charge in [-0.25, -0.2) is 17.2 Å². The summed E-state index contributed by atoms with van der Waals surface area (Å²) in [6.45, 7) is 1.29. The Bertz CT molecular complexity index is 649. The summed E-state index contributed by atoms with van der Waals surface area (Å²) in [5.74, 6) is -1.27. The van der Waals surface area contributed by atoms with E-state index in [1.165, 1.54) is 6.92 Å². The molecule has 1 rings (SSSR count). The van der Waals surface area contributed by atoms with Crippen molar-refractivity contribution in [2.45, 2.75) is 24.6 Å². The quantitative estimate of drug-likeness (QED) is 0.725. The first-order chi connectivity index (χ1) is 9.61. The van der Waals surface area contributed by atoms with Crippen molar-refractivity contribution in [3.05, 3.63) is 22.7 Å². The minimum Gasteiger partial charge on any atom is -0.451 e. The van der Waals surface area contributed by atoms with Crippen LogP contribution in [-0.4, -0.2) is 32.2 Å². The molecule has 0 N–H and O–H groups in total. The van der Waals surface area contributed by atoms with Gasteiger partial charge in [0.15, 0.2) is 15.6 Å². The van der Waals surface area contributed by atoms with Crippen LogP contribution in [0.4, 0.5) is 13.2 Å². The smallest absolute Gasteiger partial charge is 0.304 e. The van der Waals surface area contributed by atoms with Gasteiger partial charge >= 0.3 is 6.43 Å². The topological polar surface area (TPSA) is 60.4 Å². The number of rotatable bonds is 6. The molecule has 1 aromatic rings. The molecular formula is C11H9Cl2F3O4S. The maximum absolute atomic E-state index is 13.1. The molecule has 0 saturated heterocycles. The first-order valence-electron chi connectivity index (χ1n) is 5.45. The zero-order valence-corrected chi connectivity index (χ0v) is 12.8. The maximum atomic E-state index is 13.1. The Hall–Kier alpha value is -0.990. The molecule has 118 valence electrons. The minimum atomic E-state index is -3.94. The van der Waals surface area contributed by atoms with Crippen molar-refractivity contribution >= 4 is 38.3 Å². The summed E-state index contributed by atoms with van der Waals surface area (Å²) in [6, 6.07) is 1.89. The lowest BCUT2D eigenvalue weighted by Crippen LogP contribution is -2.21. The number of ether oxygens (including phenoxy) is 1. The fourth-order valence-electron chi connectivity index (χ4n) is 1.36. The van der Waals surface area contributed by atoms with Gasteiger partial charge in [0.25, 0.3) is 11.6 Å². The molecule has 0 spiro atoms. The predicted octanol–water partition coefficient (Wildman–Crippen LogP) is 3.45. The van der Waals surface area contributed by atoms with Crippen LogP contribution < -0.4 is 4.74 Å². The molecule has 1 atom stereocenters. The maximum Gasteiger partial charge on any atom is 0.304 e. The molecule has 21 heavy (non-hydrogen) atoms. The van der Waals surface area contributed by atoms with Crippen molar-refractivity contribution in [2.24, 2.45) is 0 Å². The Balaban J connectivity index is 3.53. The molecule has 0 fully saturated rings. The average Bonchev–Trinajstić information content (AvgIpc) is 2.39. The standard InChI is InChI=1S/C11H9Cl2F3O4S/c1-2-21(18,19)6-4-3-5(9(13)17)7(12)8(6)20-11(16)10(14)15/h3-4,10-11H,2H2,1H3. The van der Waals surface area contributed by atoms with Crippen molar-refractivity contribution in [2.75, 3.05) is 5.75 Å². The summed E-state index contributed by atoms with van der Waals surface area (Å²) >= 11 is 10.9. The third-order valence-electron chi connectivity index (χ3n) is 2.42. The van der Waals surface area contributed by atoms with Crippen LogP contribution in [0.3, 0.4) is 0 Å². The van der Waals surface area contributed by atoms with Gasteiger partial charge in [-0.2, -0.15) is 4.39 Å². The fraction of sp³-hybridized carbons (Fsp3) is 0.364. The molecule has 0 bridgehead atoms. The predicted molar refractivity (Wildman–Crippen MR) is 70.9 cm³/mol. The number of hydrogen-bond acceptors (Lipinski definition) is 4. The van der Waals surface area contributed by atoms with Gasteiger partial charge in [-0.15, -0.1) is 0 Å². The molecule has 0 aliphatic carbocycles. The summed E-state index contributed by atoms with van der Waals surface area (Å²) < 4.78 is 65.5. The van der Waals surface area contributed by atoms with Gasteiger partial charge in [-0.3, -0.25) is 4.79 Å². The first kappa shape index (κ1) is 18.1. The van der Waals surface area contributed by atoms with Crippen molar-refractivity contribution in [3.8, 4) is 5.75 Å². The van der Waals surface area contributed by atoms with Gasteiger partial charge in [0, 0.05) is 0 Å². The summed E-state index contributed by atoms with van der Waals surface area (Å²) in [6.07, 6.45) is -6.62. The Labute approximate surface area is 128 Å².